The van der Waals surface area contributed by atoms with Gasteiger partial charge in [-0.15, -0.1) is 0 Å². The smallest absolute Gasteiger partial charge is 0.321 e. The summed E-state index contributed by atoms with van der Waals surface area (Å²) in [6.07, 6.45) is 8.59. The Labute approximate surface area is 205 Å². The molecule has 182 valence electrons. The van der Waals surface area contributed by atoms with Crippen LogP contribution in [0.2, 0.25) is 0 Å². The fraction of sp³-hybridized carbons (Fsp3) is 0.567. The van der Waals surface area contributed by atoms with Gasteiger partial charge in [-0.25, -0.2) is 0 Å². The fourth-order valence-corrected chi connectivity index (χ4v) is 6.49. The van der Waals surface area contributed by atoms with Gasteiger partial charge in [0.1, 0.15) is 6.04 Å². The first kappa shape index (κ1) is 23.6. The van der Waals surface area contributed by atoms with Crippen LogP contribution in [0.15, 0.2) is 60.7 Å². The lowest BCUT2D eigenvalue weighted by Crippen LogP contribution is -2.42. The first-order valence-electron chi connectivity index (χ1n) is 13.5. The van der Waals surface area contributed by atoms with Gasteiger partial charge in [0, 0.05) is 25.6 Å². The molecule has 0 aromatic heterocycles. The Hall–Kier alpha value is -2.17. The number of carbonyl (C=O) groups is 1. The second-order valence-corrected chi connectivity index (χ2v) is 11.0. The van der Waals surface area contributed by atoms with E-state index < -0.39 is 5.97 Å². The van der Waals surface area contributed by atoms with Crippen LogP contribution in [0.4, 0.5) is 0 Å². The summed E-state index contributed by atoms with van der Waals surface area (Å²) in [6.45, 7) is 5.30. The second-order valence-electron chi connectivity index (χ2n) is 11.0. The SMILES string of the molecule is O=C(O)C(C1CC1)N1CC(CN2CCC(CCCc3ccccc3)CC2)C(c2ccccc2)C1. The molecule has 34 heavy (non-hydrogen) atoms. The zero-order chi connectivity index (χ0) is 23.3. The lowest BCUT2D eigenvalue weighted by Gasteiger charge is -2.35. The standard InChI is InChI=1S/C30H40N2O2/c33-30(34)29(26-14-15-26)32-21-27(28(22-32)25-12-5-2-6-13-25)20-31-18-16-24(17-19-31)11-7-10-23-8-3-1-4-9-23/h1-6,8-9,12-13,24,26-29H,7,10-11,14-22H2,(H,33,34). The average molecular weight is 461 g/mol. The summed E-state index contributed by atoms with van der Waals surface area (Å²) in [5.41, 5.74) is 2.84. The van der Waals surface area contributed by atoms with Gasteiger partial charge in [-0.05, 0) is 80.5 Å². The summed E-state index contributed by atoms with van der Waals surface area (Å²) in [6, 6.07) is 21.4. The Morgan fingerprint density at radius 1 is 0.912 bits per heavy atom. The Morgan fingerprint density at radius 2 is 1.59 bits per heavy atom. The molecule has 0 amide bonds. The van der Waals surface area contributed by atoms with Crippen molar-refractivity contribution < 1.29 is 9.90 Å². The van der Waals surface area contributed by atoms with Crippen LogP contribution in [-0.4, -0.2) is 59.6 Å². The Morgan fingerprint density at radius 3 is 2.24 bits per heavy atom. The highest BCUT2D eigenvalue weighted by molar-refractivity contribution is 5.74. The van der Waals surface area contributed by atoms with E-state index in [2.05, 4.69) is 70.5 Å². The molecule has 2 heterocycles. The molecule has 1 N–H and O–H groups in total. The van der Waals surface area contributed by atoms with Gasteiger partial charge in [-0.3, -0.25) is 9.69 Å². The molecule has 3 atom stereocenters. The molecule has 3 fully saturated rings. The van der Waals surface area contributed by atoms with E-state index in [0.717, 1.165) is 38.4 Å². The van der Waals surface area contributed by atoms with Crippen molar-refractivity contribution in [1.29, 1.82) is 0 Å². The van der Waals surface area contributed by atoms with Crippen LogP contribution < -0.4 is 0 Å². The van der Waals surface area contributed by atoms with Gasteiger partial charge < -0.3 is 10.0 Å². The van der Waals surface area contributed by atoms with E-state index in [1.807, 2.05) is 0 Å². The second kappa shape index (κ2) is 11.0. The quantitative estimate of drug-likeness (QED) is 0.523. The van der Waals surface area contributed by atoms with E-state index in [9.17, 15) is 9.90 Å². The third-order valence-corrected chi connectivity index (χ3v) is 8.53. The third-order valence-electron chi connectivity index (χ3n) is 8.53. The third kappa shape index (κ3) is 5.90. The largest absolute Gasteiger partial charge is 0.480 e. The molecular weight excluding hydrogens is 420 g/mol. The number of carboxylic acids is 1. The number of carboxylic acid groups (broad SMARTS) is 1. The van der Waals surface area contributed by atoms with E-state index in [1.54, 1.807) is 0 Å². The molecule has 0 radical (unpaired) electrons. The number of hydrogen-bond acceptors (Lipinski definition) is 3. The van der Waals surface area contributed by atoms with E-state index in [0.29, 0.717) is 17.8 Å². The van der Waals surface area contributed by atoms with Gasteiger partial charge >= 0.3 is 5.97 Å². The van der Waals surface area contributed by atoms with Crippen molar-refractivity contribution in [1.82, 2.24) is 9.80 Å². The molecule has 1 aliphatic carbocycles. The molecule has 2 aromatic rings. The monoisotopic (exact) mass is 460 g/mol. The first-order chi connectivity index (χ1) is 16.7. The number of piperidine rings is 1. The van der Waals surface area contributed by atoms with Gasteiger partial charge in [0.2, 0.25) is 0 Å². The summed E-state index contributed by atoms with van der Waals surface area (Å²) >= 11 is 0. The van der Waals surface area contributed by atoms with Gasteiger partial charge in [0.15, 0.2) is 0 Å². The van der Waals surface area contributed by atoms with E-state index >= 15 is 0 Å². The molecule has 2 aromatic carbocycles. The zero-order valence-electron chi connectivity index (χ0n) is 20.4. The minimum Gasteiger partial charge on any atom is -0.480 e. The molecule has 0 spiro atoms. The molecule has 2 saturated heterocycles. The van der Waals surface area contributed by atoms with Gasteiger partial charge in [-0.1, -0.05) is 67.1 Å². The Balaban J connectivity index is 1.15. The van der Waals surface area contributed by atoms with E-state index in [-0.39, 0.29) is 6.04 Å². The first-order valence-corrected chi connectivity index (χ1v) is 13.5. The van der Waals surface area contributed by atoms with Crippen molar-refractivity contribution in [2.75, 3.05) is 32.7 Å². The number of likely N-dealkylation sites (tertiary alicyclic amines) is 2. The predicted octanol–water partition coefficient (Wildman–Crippen LogP) is 5.30. The molecule has 5 rings (SSSR count). The Bertz CT molecular complexity index is 906. The average Bonchev–Trinajstić information content (AvgIpc) is 3.61. The van der Waals surface area contributed by atoms with Crippen LogP contribution >= 0.6 is 0 Å². The number of nitrogens with zero attached hydrogens (tertiary/aromatic N) is 2. The Kier molecular flexibility index (Phi) is 7.66. The maximum atomic E-state index is 12.1. The van der Waals surface area contributed by atoms with E-state index in [1.165, 1.54) is 56.3 Å². The summed E-state index contributed by atoms with van der Waals surface area (Å²) in [5.74, 6) is 1.55. The summed E-state index contributed by atoms with van der Waals surface area (Å²) < 4.78 is 0. The highest BCUT2D eigenvalue weighted by Gasteiger charge is 2.46. The van der Waals surface area contributed by atoms with Crippen molar-refractivity contribution in [3.05, 3.63) is 71.8 Å². The van der Waals surface area contributed by atoms with Crippen LogP contribution in [0.25, 0.3) is 0 Å². The molecule has 4 nitrogen and oxygen atoms in total. The maximum Gasteiger partial charge on any atom is 0.321 e. The van der Waals surface area contributed by atoms with Crippen LogP contribution in [0, 0.1) is 17.8 Å². The summed E-state index contributed by atoms with van der Waals surface area (Å²) in [5, 5.41) is 9.93. The molecular formula is C30H40N2O2. The van der Waals surface area contributed by atoms with Crippen molar-refractivity contribution in [3.63, 3.8) is 0 Å². The van der Waals surface area contributed by atoms with Gasteiger partial charge in [0.05, 0.1) is 0 Å². The molecule has 2 aliphatic heterocycles. The number of rotatable bonds is 10. The molecule has 1 saturated carbocycles. The maximum absolute atomic E-state index is 12.1. The number of aliphatic carboxylic acids is 1. The normalized spacial score (nSPS) is 25.4. The minimum absolute atomic E-state index is 0.286. The number of benzene rings is 2. The number of aryl methyl sites for hydroxylation is 1. The number of hydrogen-bond donors (Lipinski definition) is 1. The molecule has 4 heteroatoms. The van der Waals surface area contributed by atoms with Crippen LogP contribution in [0.3, 0.4) is 0 Å². The van der Waals surface area contributed by atoms with Gasteiger partial charge in [-0.2, -0.15) is 0 Å². The van der Waals surface area contributed by atoms with Crippen molar-refractivity contribution in [3.8, 4) is 0 Å². The lowest BCUT2D eigenvalue weighted by molar-refractivity contribution is -0.143. The van der Waals surface area contributed by atoms with Crippen molar-refractivity contribution in [2.24, 2.45) is 17.8 Å². The predicted molar refractivity (Wildman–Crippen MR) is 137 cm³/mol. The topological polar surface area (TPSA) is 43.8 Å². The fourth-order valence-electron chi connectivity index (χ4n) is 6.49. The minimum atomic E-state index is -0.619. The van der Waals surface area contributed by atoms with E-state index in [4.69, 9.17) is 0 Å². The highest BCUT2D eigenvalue weighted by atomic mass is 16.4. The summed E-state index contributed by atoms with van der Waals surface area (Å²) in [7, 11) is 0. The van der Waals surface area contributed by atoms with Crippen molar-refractivity contribution in [2.45, 2.75) is 56.9 Å². The molecule has 3 aliphatic rings. The van der Waals surface area contributed by atoms with Gasteiger partial charge in [0.25, 0.3) is 0 Å². The van der Waals surface area contributed by atoms with Crippen LogP contribution in [0.5, 0.6) is 0 Å². The van der Waals surface area contributed by atoms with Crippen molar-refractivity contribution >= 4 is 5.97 Å². The molecule has 0 bridgehead atoms. The van der Waals surface area contributed by atoms with Crippen LogP contribution in [-0.2, 0) is 11.2 Å². The highest BCUT2D eigenvalue weighted by Crippen LogP contribution is 2.41. The zero-order valence-corrected chi connectivity index (χ0v) is 20.4. The lowest BCUT2D eigenvalue weighted by atomic mass is 9.87. The summed E-state index contributed by atoms with van der Waals surface area (Å²) in [4.78, 5) is 17.0. The molecule has 3 unspecified atom stereocenters. The van der Waals surface area contributed by atoms with Crippen LogP contribution in [0.1, 0.15) is 55.6 Å².